The number of nitrogens with one attached hydrogen (secondary N) is 1. The van der Waals surface area contributed by atoms with Crippen LogP contribution in [0.3, 0.4) is 0 Å². The van der Waals surface area contributed by atoms with Gasteiger partial charge in [0.1, 0.15) is 0 Å². The Bertz CT molecular complexity index is 1530. The monoisotopic (exact) mass is 491 g/mol. The van der Waals surface area contributed by atoms with Gasteiger partial charge >= 0.3 is 0 Å². The van der Waals surface area contributed by atoms with E-state index in [4.69, 9.17) is 5.73 Å². The molecule has 0 aliphatic carbocycles. The molecule has 0 aliphatic rings. The van der Waals surface area contributed by atoms with Gasteiger partial charge in [-0.25, -0.2) is 0 Å². The highest BCUT2D eigenvalue weighted by molar-refractivity contribution is 7.99. The molecule has 0 atom stereocenters. The molecule has 36 heavy (non-hydrogen) atoms. The Morgan fingerprint density at radius 2 is 1.81 bits per heavy atom. The summed E-state index contributed by atoms with van der Waals surface area (Å²) in [6.07, 6.45) is 5.67. The van der Waals surface area contributed by atoms with Gasteiger partial charge in [0.15, 0.2) is 0 Å². The third-order valence-corrected chi connectivity index (χ3v) is 6.82. The number of aromatic nitrogens is 3. The number of anilines is 1. The Morgan fingerprint density at radius 3 is 2.61 bits per heavy atom. The Balaban J connectivity index is 1.34. The number of pyridine rings is 1. The summed E-state index contributed by atoms with van der Waals surface area (Å²) in [6.45, 7) is 0.507. The largest absolute Gasteiger partial charge is 0.399 e. The van der Waals surface area contributed by atoms with Crippen LogP contribution in [0.15, 0.2) is 101 Å². The van der Waals surface area contributed by atoms with Crippen LogP contribution in [0.1, 0.15) is 27.3 Å². The van der Waals surface area contributed by atoms with Gasteiger partial charge in [0.2, 0.25) is 0 Å². The van der Waals surface area contributed by atoms with Crippen molar-refractivity contribution >= 4 is 46.4 Å². The van der Waals surface area contributed by atoms with E-state index in [1.165, 1.54) is 0 Å². The maximum Gasteiger partial charge on any atom is 0.255 e. The molecule has 7 heteroatoms. The zero-order chi connectivity index (χ0) is 24.9. The minimum Gasteiger partial charge on any atom is -0.399 e. The lowest BCUT2D eigenvalue weighted by molar-refractivity contribution is 0.0781. The number of benzene rings is 3. The molecule has 6 nitrogen and oxygen atoms in total. The number of hydrogen-bond acceptors (Lipinski definition) is 5. The number of carbonyl (C=O) groups is 1. The van der Waals surface area contributed by atoms with Crippen LogP contribution in [0.4, 0.5) is 5.69 Å². The first kappa shape index (κ1) is 23.4. The molecule has 2 aromatic heterocycles. The molecule has 2 heterocycles. The molecule has 0 fully saturated rings. The summed E-state index contributed by atoms with van der Waals surface area (Å²) < 4.78 is 0. The van der Waals surface area contributed by atoms with Crippen LogP contribution in [0, 0.1) is 0 Å². The number of H-pyrrole nitrogens is 1. The molecule has 0 unspecified atom stereocenters. The lowest BCUT2D eigenvalue weighted by Crippen LogP contribution is -2.26. The van der Waals surface area contributed by atoms with E-state index in [2.05, 4.69) is 33.4 Å². The highest BCUT2D eigenvalue weighted by Gasteiger charge is 2.17. The van der Waals surface area contributed by atoms with Crippen LogP contribution in [0.2, 0.25) is 0 Å². The predicted molar refractivity (Wildman–Crippen MR) is 146 cm³/mol. The molecule has 1 amide bonds. The first-order valence-corrected chi connectivity index (χ1v) is 12.3. The minimum atomic E-state index is -0.0283. The third kappa shape index (κ3) is 5.31. The smallest absolute Gasteiger partial charge is 0.255 e. The zero-order valence-electron chi connectivity index (χ0n) is 19.8. The van der Waals surface area contributed by atoms with Crippen molar-refractivity contribution in [1.29, 1.82) is 0 Å². The molecular weight excluding hydrogens is 466 g/mol. The second kappa shape index (κ2) is 10.5. The summed E-state index contributed by atoms with van der Waals surface area (Å²) in [5.74, 6) is -0.0283. The van der Waals surface area contributed by atoms with Crippen molar-refractivity contribution in [3.63, 3.8) is 0 Å². The molecule has 5 rings (SSSR count). The molecule has 0 bridgehead atoms. The second-order valence-electron chi connectivity index (χ2n) is 8.41. The van der Waals surface area contributed by atoms with Crippen molar-refractivity contribution in [2.24, 2.45) is 0 Å². The molecule has 0 spiro atoms. The zero-order valence-corrected chi connectivity index (χ0v) is 20.6. The number of amides is 1. The number of rotatable bonds is 7. The van der Waals surface area contributed by atoms with Crippen molar-refractivity contribution in [3.05, 3.63) is 114 Å². The van der Waals surface area contributed by atoms with E-state index >= 15 is 0 Å². The summed E-state index contributed by atoms with van der Waals surface area (Å²) in [4.78, 5) is 21.3. The van der Waals surface area contributed by atoms with Crippen molar-refractivity contribution in [2.75, 3.05) is 12.8 Å². The number of nitrogen functional groups attached to an aromatic ring is 1. The van der Waals surface area contributed by atoms with Gasteiger partial charge in [-0.1, -0.05) is 42.1 Å². The summed E-state index contributed by atoms with van der Waals surface area (Å²) in [5, 5.41) is 8.60. The van der Waals surface area contributed by atoms with Crippen molar-refractivity contribution < 1.29 is 4.79 Å². The average Bonchev–Trinajstić information content (AvgIpc) is 3.31. The van der Waals surface area contributed by atoms with Crippen molar-refractivity contribution in [1.82, 2.24) is 20.1 Å². The van der Waals surface area contributed by atoms with E-state index < -0.39 is 0 Å². The Morgan fingerprint density at radius 1 is 1.00 bits per heavy atom. The van der Waals surface area contributed by atoms with E-state index in [9.17, 15) is 4.79 Å². The van der Waals surface area contributed by atoms with Gasteiger partial charge in [0, 0.05) is 40.7 Å². The fourth-order valence-corrected chi connectivity index (χ4v) is 4.86. The topological polar surface area (TPSA) is 87.9 Å². The van der Waals surface area contributed by atoms with E-state index in [0.29, 0.717) is 17.8 Å². The van der Waals surface area contributed by atoms with Gasteiger partial charge in [0.05, 0.1) is 22.5 Å². The number of nitrogens with zero attached hydrogens (tertiary/aromatic N) is 3. The minimum absolute atomic E-state index is 0.0283. The third-order valence-electron chi connectivity index (χ3n) is 5.75. The summed E-state index contributed by atoms with van der Waals surface area (Å²) in [6, 6.07) is 27.3. The van der Waals surface area contributed by atoms with Crippen molar-refractivity contribution in [3.8, 4) is 0 Å². The van der Waals surface area contributed by atoms with Gasteiger partial charge in [-0.05, 0) is 72.3 Å². The van der Waals surface area contributed by atoms with Crippen LogP contribution >= 0.6 is 11.8 Å². The van der Waals surface area contributed by atoms with Gasteiger partial charge < -0.3 is 10.6 Å². The predicted octanol–water partition coefficient (Wildman–Crippen LogP) is 6.13. The molecule has 178 valence electrons. The molecule has 5 aromatic rings. The number of fused-ring (bicyclic) bond motifs is 1. The second-order valence-corrected chi connectivity index (χ2v) is 9.52. The molecular formula is C29H25N5OS. The SMILES string of the molecule is CN(Cc1ccc(N)cc1)C(=O)c1ccccc1Sc1ccc2c(/C=C/c3ccccn3)n[nH]c2c1. The Labute approximate surface area is 213 Å². The number of carbonyl (C=O) groups excluding carboxylic acids is 1. The van der Waals surface area contributed by atoms with Crippen LogP contribution in [0.5, 0.6) is 0 Å². The Kier molecular flexibility index (Phi) is 6.82. The number of aromatic amines is 1. The van der Waals surface area contributed by atoms with Crippen LogP contribution in [0.25, 0.3) is 23.1 Å². The standard InChI is InChI=1S/C29H25N5OS/c1-34(19-20-9-11-21(30)12-10-20)29(35)25-7-2-3-8-28(25)36-23-14-15-24-26(32-33-27(24)18-23)16-13-22-6-4-5-17-31-22/h2-18H,19,30H2,1H3,(H,32,33)/b16-13+. The maximum atomic E-state index is 13.3. The molecule has 0 radical (unpaired) electrons. The normalized spacial score (nSPS) is 11.2. The highest BCUT2D eigenvalue weighted by Crippen LogP contribution is 2.33. The number of nitrogens with two attached hydrogens (primary N) is 1. The molecule has 0 saturated heterocycles. The van der Waals surface area contributed by atoms with Gasteiger partial charge in [-0.2, -0.15) is 5.10 Å². The van der Waals surface area contributed by atoms with E-state index in [0.717, 1.165) is 37.6 Å². The average molecular weight is 492 g/mol. The fraction of sp³-hybridized carbons (Fsp3) is 0.0690. The quantitative estimate of drug-likeness (QED) is 0.267. The van der Waals surface area contributed by atoms with E-state index in [-0.39, 0.29) is 5.91 Å². The van der Waals surface area contributed by atoms with Crippen LogP contribution < -0.4 is 5.73 Å². The molecule has 0 saturated carbocycles. The molecule has 0 aliphatic heterocycles. The van der Waals surface area contributed by atoms with Crippen molar-refractivity contribution in [2.45, 2.75) is 16.3 Å². The molecule has 3 aromatic carbocycles. The first-order valence-electron chi connectivity index (χ1n) is 11.5. The van der Waals surface area contributed by atoms with Crippen LogP contribution in [-0.2, 0) is 6.54 Å². The summed E-state index contributed by atoms with van der Waals surface area (Å²) in [5.41, 5.74) is 10.9. The van der Waals surface area contributed by atoms with E-state index in [1.807, 2.05) is 85.9 Å². The summed E-state index contributed by atoms with van der Waals surface area (Å²) >= 11 is 1.56. The molecule has 3 N–H and O–H groups in total. The highest BCUT2D eigenvalue weighted by atomic mass is 32.2. The fourth-order valence-electron chi connectivity index (χ4n) is 3.88. The van der Waals surface area contributed by atoms with Gasteiger partial charge in [-0.15, -0.1) is 0 Å². The lowest BCUT2D eigenvalue weighted by Gasteiger charge is -2.19. The number of hydrogen-bond donors (Lipinski definition) is 2. The summed E-state index contributed by atoms with van der Waals surface area (Å²) in [7, 11) is 1.82. The first-order chi connectivity index (χ1) is 17.6. The van der Waals surface area contributed by atoms with Gasteiger partial charge in [0.25, 0.3) is 5.91 Å². The van der Waals surface area contributed by atoms with Gasteiger partial charge in [-0.3, -0.25) is 14.9 Å². The maximum absolute atomic E-state index is 13.3. The van der Waals surface area contributed by atoms with Crippen LogP contribution in [-0.4, -0.2) is 33.0 Å². The van der Waals surface area contributed by atoms with E-state index in [1.54, 1.807) is 22.9 Å². The lowest BCUT2D eigenvalue weighted by atomic mass is 10.1. The Hall–Kier alpha value is -4.36.